The van der Waals surface area contributed by atoms with E-state index in [0.717, 1.165) is 42.4 Å². The van der Waals surface area contributed by atoms with Crippen LogP contribution >= 0.6 is 0 Å². The molecule has 4 aromatic rings. The highest BCUT2D eigenvalue weighted by Crippen LogP contribution is 2.29. The number of anilines is 1. The molecule has 0 fully saturated rings. The van der Waals surface area contributed by atoms with Crippen LogP contribution in [0.15, 0.2) is 60.7 Å². The molecule has 0 bridgehead atoms. The van der Waals surface area contributed by atoms with Gasteiger partial charge in [0.15, 0.2) is 0 Å². The van der Waals surface area contributed by atoms with Gasteiger partial charge in [0, 0.05) is 23.2 Å². The summed E-state index contributed by atoms with van der Waals surface area (Å²) < 4.78 is 2.19. The van der Waals surface area contributed by atoms with Crippen molar-refractivity contribution in [1.82, 2.24) is 14.5 Å². The summed E-state index contributed by atoms with van der Waals surface area (Å²) in [6, 6.07) is 21.2. The summed E-state index contributed by atoms with van der Waals surface area (Å²) in [7, 11) is 0. The van der Waals surface area contributed by atoms with E-state index >= 15 is 0 Å². The van der Waals surface area contributed by atoms with Gasteiger partial charge in [-0.3, -0.25) is 4.57 Å². The predicted octanol–water partition coefficient (Wildman–Crippen LogP) is 5.61. The second-order valence-electron chi connectivity index (χ2n) is 7.88. The van der Waals surface area contributed by atoms with Gasteiger partial charge in [-0.1, -0.05) is 55.0 Å². The molecule has 0 unspecified atom stereocenters. The van der Waals surface area contributed by atoms with Gasteiger partial charge in [-0.25, -0.2) is 4.98 Å². The Kier molecular flexibility index (Phi) is 4.76. The Morgan fingerprint density at radius 2 is 1.69 bits per heavy atom. The van der Waals surface area contributed by atoms with Gasteiger partial charge in [0.2, 0.25) is 5.95 Å². The first-order chi connectivity index (χ1) is 14.3. The molecule has 0 radical (unpaired) electrons. The third kappa shape index (κ3) is 3.51. The minimum Gasteiger partial charge on any atom is -0.366 e. The normalized spacial score (nSPS) is 13.8. The third-order valence-corrected chi connectivity index (χ3v) is 5.82. The van der Waals surface area contributed by atoms with Crippen LogP contribution in [0.3, 0.4) is 0 Å². The van der Waals surface area contributed by atoms with Gasteiger partial charge in [-0.2, -0.15) is 4.98 Å². The summed E-state index contributed by atoms with van der Waals surface area (Å²) >= 11 is 0. The van der Waals surface area contributed by atoms with Crippen molar-refractivity contribution in [3.63, 3.8) is 0 Å². The van der Waals surface area contributed by atoms with Gasteiger partial charge in [0.25, 0.3) is 0 Å². The van der Waals surface area contributed by atoms with Crippen molar-refractivity contribution in [3.8, 4) is 5.95 Å². The average molecular weight is 383 g/mol. The molecule has 1 aliphatic carbocycles. The first-order valence-corrected chi connectivity index (χ1v) is 10.5. The fourth-order valence-electron chi connectivity index (χ4n) is 4.34. The number of fused-ring (bicyclic) bond motifs is 2. The molecule has 4 nitrogen and oxygen atoms in total. The lowest BCUT2D eigenvalue weighted by Gasteiger charge is -2.16. The van der Waals surface area contributed by atoms with Crippen molar-refractivity contribution >= 4 is 16.7 Å². The van der Waals surface area contributed by atoms with Crippen LogP contribution in [-0.2, 0) is 19.4 Å². The minimum absolute atomic E-state index is 0.773. The van der Waals surface area contributed by atoms with E-state index in [0.29, 0.717) is 0 Å². The van der Waals surface area contributed by atoms with Gasteiger partial charge >= 0.3 is 0 Å². The van der Waals surface area contributed by atoms with E-state index in [1.807, 2.05) is 0 Å². The quantitative estimate of drug-likeness (QED) is 0.467. The lowest BCUT2D eigenvalue weighted by molar-refractivity contribution is 0.708. The van der Waals surface area contributed by atoms with Crippen LogP contribution in [0.4, 0.5) is 5.82 Å². The first kappa shape index (κ1) is 17.9. The van der Waals surface area contributed by atoms with Gasteiger partial charge in [0.1, 0.15) is 5.82 Å². The highest BCUT2D eigenvalue weighted by Gasteiger charge is 2.19. The van der Waals surface area contributed by atoms with Crippen LogP contribution < -0.4 is 5.32 Å². The van der Waals surface area contributed by atoms with E-state index in [-0.39, 0.29) is 0 Å². The molecule has 1 N–H and O–H groups in total. The van der Waals surface area contributed by atoms with Gasteiger partial charge in [-0.15, -0.1) is 0 Å². The number of aryl methyl sites for hydroxylation is 2. The van der Waals surface area contributed by atoms with Crippen LogP contribution in [0.25, 0.3) is 16.9 Å². The summed E-state index contributed by atoms with van der Waals surface area (Å²) in [4.78, 5) is 10.1. The molecule has 0 amide bonds. The molecule has 146 valence electrons. The summed E-state index contributed by atoms with van der Waals surface area (Å²) in [6.07, 6.45) is 5.75. The lowest BCUT2D eigenvalue weighted by Crippen LogP contribution is -2.13. The Labute approximate surface area is 171 Å². The third-order valence-electron chi connectivity index (χ3n) is 5.82. The molecule has 4 heteroatoms. The van der Waals surface area contributed by atoms with Crippen LogP contribution in [-0.4, -0.2) is 14.5 Å². The zero-order chi connectivity index (χ0) is 19.6. The standard InChI is InChI=1S/C25H26N4/c1-18-16-20-12-8-9-15-23(20)29(18)25-27-22-14-7-3-6-13-21(22)24(28-25)26-17-19-10-4-2-5-11-19/h2,4-5,8-12,15-16H,3,6-7,13-14,17H2,1H3,(H,26,27,28). The van der Waals surface area contributed by atoms with Crippen LogP contribution in [0.5, 0.6) is 0 Å². The van der Waals surface area contributed by atoms with Gasteiger partial charge in [-0.05, 0) is 50.3 Å². The molecular formula is C25H26N4. The van der Waals surface area contributed by atoms with E-state index in [1.54, 1.807) is 0 Å². The number of aromatic nitrogens is 3. The molecule has 29 heavy (non-hydrogen) atoms. The fraction of sp³-hybridized carbons (Fsp3) is 0.280. The Hall–Kier alpha value is -3.14. The van der Waals surface area contributed by atoms with E-state index in [4.69, 9.17) is 9.97 Å². The SMILES string of the molecule is Cc1cc2ccccc2n1-c1nc2c(c(NCc3ccccc3)n1)CCCCC2. The second kappa shape index (κ2) is 7.70. The fourth-order valence-corrected chi connectivity index (χ4v) is 4.34. The Morgan fingerprint density at radius 1 is 0.897 bits per heavy atom. The molecule has 2 aromatic heterocycles. The number of nitrogens with one attached hydrogen (secondary N) is 1. The topological polar surface area (TPSA) is 42.7 Å². The maximum atomic E-state index is 5.05. The van der Waals surface area contributed by atoms with Crippen molar-refractivity contribution < 1.29 is 0 Å². The molecule has 5 rings (SSSR count). The van der Waals surface area contributed by atoms with Crippen molar-refractivity contribution in [3.05, 3.63) is 83.2 Å². The number of hydrogen-bond acceptors (Lipinski definition) is 3. The van der Waals surface area contributed by atoms with Gasteiger partial charge < -0.3 is 5.32 Å². The maximum absolute atomic E-state index is 5.05. The maximum Gasteiger partial charge on any atom is 0.236 e. The summed E-state index contributed by atoms with van der Waals surface area (Å²) in [5, 5.41) is 4.85. The summed E-state index contributed by atoms with van der Waals surface area (Å²) in [5.41, 5.74) is 6.09. The van der Waals surface area contributed by atoms with Crippen LogP contribution in [0, 0.1) is 6.92 Å². The number of benzene rings is 2. The largest absolute Gasteiger partial charge is 0.366 e. The Morgan fingerprint density at radius 3 is 2.59 bits per heavy atom. The smallest absolute Gasteiger partial charge is 0.236 e. The van der Waals surface area contributed by atoms with E-state index < -0.39 is 0 Å². The second-order valence-corrected chi connectivity index (χ2v) is 7.88. The first-order valence-electron chi connectivity index (χ1n) is 10.5. The molecule has 0 atom stereocenters. The van der Waals surface area contributed by atoms with Crippen LogP contribution in [0.1, 0.15) is 41.8 Å². The highest BCUT2D eigenvalue weighted by atomic mass is 15.2. The molecule has 1 aliphatic rings. The summed E-state index contributed by atoms with van der Waals surface area (Å²) in [5.74, 6) is 1.77. The minimum atomic E-state index is 0.773. The van der Waals surface area contributed by atoms with Crippen molar-refractivity contribution in [2.75, 3.05) is 5.32 Å². The van der Waals surface area contributed by atoms with Gasteiger partial charge in [0.05, 0.1) is 11.2 Å². The number of para-hydroxylation sites is 1. The number of rotatable bonds is 4. The zero-order valence-corrected chi connectivity index (χ0v) is 16.9. The number of hydrogen-bond donors (Lipinski definition) is 1. The van der Waals surface area contributed by atoms with Crippen molar-refractivity contribution in [1.29, 1.82) is 0 Å². The predicted molar refractivity (Wildman–Crippen MR) is 119 cm³/mol. The summed E-state index contributed by atoms with van der Waals surface area (Å²) in [6.45, 7) is 2.90. The molecule has 0 spiro atoms. The van der Waals surface area contributed by atoms with E-state index in [2.05, 4.69) is 77.5 Å². The van der Waals surface area contributed by atoms with E-state index in [9.17, 15) is 0 Å². The average Bonchev–Trinajstić information content (AvgIpc) is 2.91. The molecule has 0 aliphatic heterocycles. The molecule has 0 saturated heterocycles. The highest BCUT2D eigenvalue weighted by molar-refractivity contribution is 5.82. The molecule has 2 heterocycles. The monoisotopic (exact) mass is 382 g/mol. The van der Waals surface area contributed by atoms with E-state index in [1.165, 1.54) is 41.5 Å². The number of nitrogens with zero attached hydrogens (tertiary/aromatic N) is 3. The lowest BCUT2D eigenvalue weighted by atomic mass is 10.1. The molecule has 0 saturated carbocycles. The van der Waals surface area contributed by atoms with Crippen molar-refractivity contribution in [2.24, 2.45) is 0 Å². The van der Waals surface area contributed by atoms with Crippen molar-refractivity contribution in [2.45, 2.75) is 45.6 Å². The molecular weight excluding hydrogens is 356 g/mol. The van der Waals surface area contributed by atoms with Crippen LogP contribution in [0.2, 0.25) is 0 Å². The Bertz CT molecular complexity index is 1140. The zero-order valence-electron chi connectivity index (χ0n) is 16.9. The molecule has 2 aromatic carbocycles. The Balaban J connectivity index is 1.61.